The van der Waals surface area contributed by atoms with Gasteiger partial charge in [0.25, 0.3) is 0 Å². The molecule has 9 heteroatoms. The summed E-state index contributed by atoms with van der Waals surface area (Å²) in [6, 6.07) is 13.9. The molecule has 1 fully saturated rings. The van der Waals surface area contributed by atoms with Gasteiger partial charge in [0.2, 0.25) is 17.2 Å². The van der Waals surface area contributed by atoms with E-state index >= 15 is 0 Å². The monoisotopic (exact) mass is 465 g/mol. The van der Waals surface area contributed by atoms with Crippen LogP contribution in [0.1, 0.15) is 6.92 Å². The van der Waals surface area contributed by atoms with E-state index in [4.69, 9.17) is 13.9 Å². The normalized spacial score (nSPS) is 14.1. The van der Waals surface area contributed by atoms with Crippen LogP contribution in [0.2, 0.25) is 0 Å². The lowest BCUT2D eigenvalue weighted by molar-refractivity contribution is -0.117. The Bertz CT molecular complexity index is 1230. The molecule has 0 aliphatic carbocycles. The number of rotatable bonds is 6. The van der Waals surface area contributed by atoms with Crippen molar-refractivity contribution in [3.05, 3.63) is 58.8 Å². The number of para-hydroxylation sites is 1. The maximum absolute atomic E-state index is 13.3. The molecule has 34 heavy (non-hydrogen) atoms. The largest absolute Gasteiger partial charge is 0.497 e. The lowest BCUT2D eigenvalue weighted by Crippen LogP contribution is -2.50. The van der Waals surface area contributed by atoms with Crippen LogP contribution in [0, 0.1) is 0 Å². The molecule has 2 aromatic carbocycles. The van der Waals surface area contributed by atoms with E-state index in [-0.39, 0.29) is 35.4 Å². The topological polar surface area (TPSA) is 101 Å². The van der Waals surface area contributed by atoms with Crippen LogP contribution < -0.4 is 15.5 Å². The van der Waals surface area contributed by atoms with Gasteiger partial charge >= 0.3 is 6.09 Å². The number of benzene rings is 2. The van der Waals surface area contributed by atoms with Crippen LogP contribution in [0.25, 0.3) is 22.1 Å². The fraction of sp³-hybridized carbons (Fsp3) is 0.320. The first kappa shape index (κ1) is 23.3. The lowest BCUT2D eigenvalue weighted by Gasteiger charge is -2.33. The van der Waals surface area contributed by atoms with Crippen molar-refractivity contribution >= 4 is 28.9 Å². The molecule has 178 valence electrons. The van der Waals surface area contributed by atoms with Crippen LogP contribution in [0.15, 0.2) is 57.7 Å². The maximum atomic E-state index is 13.3. The number of piperazine rings is 1. The fourth-order valence-corrected chi connectivity index (χ4v) is 3.92. The minimum atomic E-state index is -0.339. The first-order chi connectivity index (χ1) is 16.5. The number of hydrogen-bond donors (Lipinski definition) is 1. The van der Waals surface area contributed by atoms with Crippen molar-refractivity contribution in [3.8, 4) is 16.9 Å². The van der Waals surface area contributed by atoms with Crippen LogP contribution in [-0.2, 0) is 9.53 Å². The molecule has 1 N–H and O–H groups in total. The van der Waals surface area contributed by atoms with E-state index in [1.807, 2.05) is 4.90 Å². The fourth-order valence-electron chi connectivity index (χ4n) is 3.92. The number of methoxy groups -OCH3 is 1. The van der Waals surface area contributed by atoms with Crippen LogP contribution in [0.3, 0.4) is 0 Å². The standard InChI is InChI=1S/C25H27N3O6/c1-3-33-25(31)28-14-12-27(13-15-28)16-21(29)26-24-22(17-8-10-18(32-2)11-9-17)23(30)19-6-4-5-7-20(19)34-24/h4-11H,3,12-16H2,1-2H3,(H,26,29). The molecule has 0 bridgehead atoms. The van der Waals surface area contributed by atoms with Crippen molar-refractivity contribution < 1.29 is 23.5 Å². The average molecular weight is 466 g/mol. The molecular weight excluding hydrogens is 438 g/mol. The van der Waals surface area contributed by atoms with E-state index in [0.717, 1.165) is 0 Å². The molecule has 3 aromatic rings. The molecule has 2 amide bonds. The second-order valence-electron chi connectivity index (χ2n) is 7.87. The molecule has 0 atom stereocenters. The first-order valence-corrected chi connectivity index (χ1v) is 11.1. The van der Waals surface area contributed by atoms with E-state index in [0.29, 0.717) is 55.1 Å². The highest BCUT2D eigenvalue weighted by Crippen LogP contribution is 2.30. The summed E-state index contributed by atoms with van der Waals surface area (Å²) in [6.45, 7) is 4.25. The van der Waals surface area contributed by atoms with Crippen molar-refractivity contribution in [3.63, 3.8) is 0 Å². The van der Waals surface area contributed by atoms with E-state index in [2.05, 4.69) is 5.32 Å². The maximum Gasteiger partial charge on any atom is 0.409 e. The van der Waals surface area contributed by atoms with Crippen molar-refractivity contribution in [2.24, 2.45) is 0 Å². The molecular formula is C25H27N3O6. The number of carbonyl (C=O) groups excluding carboxylic acids is 2. The lowest BCUT2D eigenvalue weighted by atomic mass is 10.0. The van der Waals surface area contributed by atoms with Gasteiger partial charge in [0.15, 0.2) is 0 Å². The van der Waals surface area contributed by atoms with Gasteiger partial charge < -0.3 is 18.8 Å². The zero-order valence-corrected chi connectivity index (χ0v) is 19.2. The zero-order valence-electron chi connectivity index (χ0n) is 19.2. The van der Waals surface area contributed by atoms with Gasteiger partial charge in [-0.05, 0) is 36.8 Å². The molecule has 1 saturated heterocycles. The van der Waals surface area contributed by atoms with E-state index in [1.54, 1.807) is 67.5 Å². The predicted molar refractivity (Wildman–Crippen MR) is 128 cm³/mol. The molecule has 1 aliphatic rings. The summed E-state index contributed by atoms with van der Waals surface area (Å²) in [7, 11) is 1.57. The number of fused-ring (bicyclic) bond motifs is 1. The van der Waals surface area contributed by atoms with Crippen molar-refractivity contribution in [1.29, 1.82) is 0 Å². The number of carbonyl (C=O) groups is 2. The van der Waals surface area contributed by atoms with Crippen LogP contribution >= 0.6 is 0 Å². The molecule has 1 aliphatic heterocycles. The van der Waals surface area contributed by atoms with Crippen LogP contribution in [0.4, 0.5) is 10.7 Å². The van der Waals surface area contributed by atoms with E-state index < -0.39 is 0 Å². The highest BCUT2D eigenvalue weighted by atomic mass is 16.6. The first-order valence-electron chi connectivity index (χ1n) is 11.1. The highest BCUT2D eigenvalue weighted by molar-refractivity contribution is 5.97. The van der Waals surface area contributed by atoms with Gasteiger partial charge in [0.05, 0.1) is 31.2 Å². The molecule has 0 spiro atoms. The number of nitrogens with one attached hydrogen (secondary N) is 1. The van der Waals surface area contributed by atoms with Gasteiger partial charge in [-0.3, -0.25) is 19.8 Å². The predicted octanol–water partition coefficient (Wildman–Crippen LogP) is 3.18. The summed E-state index contributed by atoms with van der Waals surface area (Å²) in [4.78, 5) is 41.7. The van der Waals surface area contributed by atoms with Gasteiger partial charge in [-0.1, -0.05) is 24.3 Å². The Kier molecular flexibility index (Phi) is 7.12. The highest BCUT2D eigenvalue weighted by Gasteiger charge is 2.24. The summed E-state index contributed by atoms with van der Waals surface area (Å²) in [5.41, 5.74) is 1.05. The Morgan fingerprint density at radius 1 is 1.03 bits per heavy atom. The Balaban J connectivity index is 1.54. The summed E-state index contributed by atoms with van der Waals surface area (Å²) < 4.78 is 16.2. The Morgan fingerprint density at radius 3 is 2.41 bits per heavy atom. The van der Waals surface area contributed by atoms with Gasteiger partial charge in [-0.25, -0.2) is 4.79 Å². The minimum absolute atomic E-state index is 0.101. The molecule has 1 aromatic heterocycles. The molecule has 0 saturated carbocycles. The van der Waals surface area contributed by atoms with Crippen molar-refractivity contribution in [2.75, 3.05) is 51.8 Å². The second-order valence-corrected chi connectivity index (χ2v) is 7.87. The smallest absolute Gasteiger partial charge is 0.409 e. The minimum Gasteiger partial charge on any atom is -0.497 e. The van der Waals surface area contributed by atoms with Gasteiger partial charge in [-0.15, -0.1) is 0 Å². The third kappa shape index (κ3) is 5.04. The van der Waals surface area contributed by atoms with E-state index in [9.17, 15) is 14.4 Å². The van der Waals surface area contributed by atoms with Crippen molar-refractivity contribution in [2.45, 2.75) is 6.92 Å². The number of nitrogens with zero attached hydrogens (tertiary/aromatic N) is 2. The quantitative estimate of drug-likeness (QED) is 0.597. The SMILES string of the molecule is CCOC(=O)N1CCN(CC(=O)Nc2oc3ccccc3c(=O)c2-c2ccc(OC)cc2)CC1. The second kappa shape index (κ2) is 10.4. The zero-order chi connectivity index (χ0) is 24.1. The van der Waals surface area contributed by atoms with Gasteiger partial charge in [-0.2, -0.15) is 0 Å². The van der Waals surface area contributed by atoms with Gasteiger partial charge in [0.1, 0.15) is 11.3 Å². The molecule has 0 radical (unpaired) electrons. The Hall–Kier alpha value is -3.85. The summed E-state index contributed by atoms with van der Waals surface area (Å²) >= 11 is 0. The molecule has 4 rings (SSSR count). The number of hydrogen-bond acceptors (Lipinski definition) is 7. The summed E-state index contributed by atoms with van der Waals surface area (Å²) in [5.74, 6) is 0.447. The molecule has 2 heterocycles. The van der Waals surface area contributed by atoms with Crippen LogP contribution in [-0.4, -0.2) is 68.2 Å². The third-order valence-corrected chi connectivity index (χ3v) is 5.69. The van der Waals surface area contributed by atoms with Gasteiger partial charge in [0, 0.05) is 26.2 Å². The average Bonchev–Trinajstić information content (AvgIpc) is 2.85. The van der Waals surface area contributed by atoms with E-state index in [1.165, 1.54) is 0 Å². The molecule has 0 unspecified atom stereocenters. The summed E-state index contributed by atoms with van der Waals surface area (Å²) in [6.07, 6.45) is -0.339. The third-order valence-electron chi connectivity index (χ3n) is 5.69. The Labute approximate surface area is 196 Å². The number of anilines is 1. The number of ether oxygens (including phenoxy) is 2. The number of amides is 2. The Morgan fingerprint density at radius 2 is 1.74 bits per heavy atom. The van der Waals surface area contributed by atoms with Crippen LogP contribution in [0.5, 0.6) is 5.75 Å². The summed E-state index contributed by atoms with van der Waals surface area (Å²) in [5, 5.41) is 3.22. The van der Waals surface area contributed by atoms with Crippen molar-refractivity contribution in [1.82, 2.24) is 9.80 Å². The molecule has 9 nitrogen and oxygen atoms in total.